The van der Waals surface area contributed by atoms with Crippen molar-refractivity contribution in [3.8, 4) is 0 Å². The van der Waals surface area contributed by atoms with E-state index in [2.05, 4.69) is 4.74 Å². The summed E-state index contributed by atoms with van der Waals surface area (Å²) in [7, 11) is -2.88. The molecule has 0 unspecified atom stereocenters. The molecule has 0 aliphatic rings. The van der Waals surface area contributed by atoms with E-state index in [1.165, 1.54) is 6.92 Å². The van der Waals surface area contributed by atoms with Crippen LogP contribution in [-0.4, -0.2) is 28.0 Å². The lowest BCUT2D eigenvalue weighted by Crippen LogP contribution is -2.30. The number of nitrogens with one attached hydrogen (secondary N) is 1. The van der Waals surface area contributed by atoms with Crippen molar-refractivity contribution in [3.05, 3.63) is 23.5 Å². The summed E-state index contributed by atoms with van der Waals surface area (Å²) in [6.45, 7) is 0.774. The molecule has 8 heteroatoms. The van der Waals surface area contributed by atoms with Crippen molar-refractivity contribution in [2.45, 2.75) is 11.8 Å². The average molecular weight is 276 g/mol. The minimum Gasteiger partial charge on any atom is -0.468 e. The van der Waals surface area contributed by atoms with Crippen LogP contribution in [0.25, 0.3) is 0 Å². The van der Waals surface area contributed by atoms with Crippen molar-refractivity contribution in [1.82, 2.24) is 4.72 Å². The molecule has 0 heterocycles. The van der Waals surface area contributed by atoms with Gasteiger partial charge < -0.3 is 10.5 Å². The van der Waals surface area contributed by atoms with Crippen LogP contribution < -0.4 is 10.5 Å². The molecule has 0 radical (unpaired) electrons. The maximum atomic E-state index is 13.4. The Morgan fingerprint density at radius 2 is 2.11 bits per heavy atom. The summed E-state index contributed by atoms with van der Waals surface area (Å²) in [6, 6.07) is 2.15. The van der Waals surface area contributed by atoms with Gasteiger partial charge in [-0.1, -0.05) is 0 Å². The van der Waals surface area contributed by atoms with E-state index in [-0.39, 0.29) is 16.1 Å². The number of esters is 1. The van der Waals surface area contributed by atoms with E-state index in [0.717, 1.165) is 19.2 Å². The van der Waals surface area contributed by atoms with Crippen LogP contribution in [0.5, 0.6) is 0 Å². The molecule has 0 fully saturated rings. The second kappa shape index (κ2) is 5.32. The Labute approximate surface area is 104 Å². The molecule has 0 aliphatic heterocycles. The van der Waals surface area contributed by atoms with E-state index in [1.807, 2.05) is 4.72 Å². The zero-order valence-electron chi connectivity index (χ0n) is 9.86. The van der Waals surface area contributed by atoms with Crippen LogP contribution in [0.4, 0.5) is 10.1 Å². The van der Waals surface area contributed by atoms with Crippen LogP contribution in [0.3, 0.4) is 0 Å². The maximum absolute atomic E-state index is 13.4. The number of benzene rings is 1. The summed E-state index contributed by atoms with van der Waals surface area (Å²) in [5, 5.41) is 0. The minimum atomic E-state index is -4.01. The van der Waals surface area contributed by atoms with Gasteiger partial charge in [-0.3, -0.25) is 4.79 Å². The van der Waals surface area contributed by atoms with Crippen molar-refractivity contribution in [1.29, 1.82) is 0 Å². The van der Waals surface area contributed by atoms with E-state index in [1.54, 1.807) is 0 Å². The van der Waals surface area contributed by atoms with Gasteiger partial charge in [-0.25, -0.2) is 12.8 Å². The number of sulfonamides is 1. The zero-order valence-corrected chi connectivity index (χ0v) is 10.7. The minimum absolute atomic E-state index is 0.0171. The number of hydrogen-bond donors (Lipinski definition) is 2. The molecule has 18 heavy (non-hydrogen) atoms. The lowest BCUT2D eigenvalue weighted by atomic mass is 10.2. The number of nitrogens with two attached hydrogens (primary N) is 1. The van der Waals surface area contributed by atoms with Crippen molar-refractivity contribution in [3.63, 3.8) is 0 Å². The monoisotopic (exact) mass is 276 g/mol. The first kappa shape index (κ1) is 14.4. The third-order valence-corrected chi connectivity index (χ3v) is 3.77. The molecular formula is C10H13FN2O4S. The van der Waals surface area contributed by atoms with E-state index in [9.17, 15) is 17.6 Å². The second-order valence-electron chi connectivity index (χ2n) is 3.53. The van der Waals surface area contributed by atoms with Gasteiger partial charge in [-0.15, -0.1) is 0 Å². The van der Waals surface area contributed by atoms with Crippen LogP contribution in [0.15, 0.2) is 17.0 Å². The molecule has 3 N–H and O–H groups in total. The molecule has 0 aromatic heterocycles. The molecule has 0 spiro atoms. The number of hydrogen-bond acceptors (Lipinski definition) is 5. The first-order valence-electron chi connectivity index (χ1n) is 4.90. The first-order valence-corrected chi connectivity index (χ1v) is 6.38. The number of halogens is 1. The highest BCUT2D eigenvalue weighted by molar-refractivity contribution is 7.89. The molecule has 0 saturated carbocycles. The molecule has 1 aromatic rings. The van der Waals surface area contributed by atoms with E-state index < -0.39 is 28.4 Å². The third-order valence-electron chi connectivity index (χ3n) is 2.24. The fourth-order valence-corrected chi connectivity index (χ4v) is 2.51. The molecular weight excluding hydrogens is 263 g/mol. The van der Waals surface area contributed by atoms with E-state index in [0.29, 0.717) is 0 Å². The van der Waals surface area contributed by atoms with Gasteiger partial charge in [-0.2, -0.15) is 4.72 Å². The predicted molar refractivity (Wildman–Crippen MR) is 62.8 cm³/mol. The van der Waals surface area contributed by atoms with E-state index in [4.69, 9.17) is 5.73 Å². The number of rotatable bonds is 4. The Balaban J connectivity index is 3.09. The summed E-state index contributed by atoms with van der Waals surface area (Å²) in [5.41, 5.74) is 5.30. The van der Waals surface area contributed by atoms with Crippen molar-refractivity contribution >= 4 is 21.7 Å². The Bertz CT molecular complexity index is 571. The molecule has 0 atom stereocenters. The summed E-state index contributed by atoms with van der Waals surface area (Å²) < 4.78 is 43.3. The molecule has 6 nitrogen and oxygen atoms in total. The van der Waals surface area contributed by atoms with Gasteiger partial charge in [0.25, 0.3) is 0 Å². The number of carbonyl (C=O) groups excluding carboxylic acids is 1. The molecule has 0 aliphatic carbocycles. The molecule has 100 valence electrons. The lowest BCUT2D eigenvalue weighted by molar-refractivity contribution is -0.139. The zero-order chi connectivity index (χ0) is 13.9. The largest absolute Gasteiger partial charge is 0.468 e. The van der Waals surface area contributed by atoms with Crippen LogP contribution >= 0.6 is 0 Å². The van der Waals surface area contributed by atoms with E-state index >= 15 is 0 Å². The highest BCUT2D eigenvalue weighted by atomic mass is 32.2. The number of carbonyl (C=O) groups is 1. The van der Waals surface area contributed by atoms with Crippen LogP contribution in [0.1, 0.15) is 5.56 Å². The van der Waals surface area contributed by atoms with Gasteiger partial charge in [0.1, 0.15) is 12.4 Å². The highest BCUT2D eigenvalue weighted by Gasteiger charge is 2.20. The Kier molecular flexibility index (Phi) is 4.25. The lowest BCUT2D eigenvalue weighted by Gasteiger charge is -2.10. The fraction of sp³-hybridized carbons (Fsp3) is 0.300. The number of methoxy groups -OCH3 is 1. The number of anilines is 1. The normalized spacial score (nSPS) is 11.3. The van der Waals surface area contributed by atoms with Crippen molar-refractivity contribution in [2.24, 2.45) is 0 Å². The van der Waals surface area contributed by atoms with Gasteiger partial charge in [0.2, 0.25) is 10.0 Å². The van der Waals surface area contributed by atoms with Gasteiger partial charge in [0.15, 0.2) is 0 Å². The summed E-state index contributed by atoms with van der Waals surface area (Å²) in [4.78, 5) is 10.6. The van der Waals surface area contributed by atoms with Gasteiger partial charge >= 0.3 is 5.97 Å². The van der Waals surface area contributed by atoms with Crippen LogP contribution in [0.2, 0.25) is 0 Å². The highest BCUT2D eigenvalue weighted by Crippen LogP contribution is 2.21. The Morgan fingerprint density at radius 3 is 2.67 bits per heavy atom. The average Bonchev–Trinajstić information content (AvgIpc) is 2.30. The Hall–Kier alpha value is -1.67. The topological polar surface area (TPSA) is 98.5 Å². The SMILES string of the molecule is COC(=O)CNS(=O)(=O)c1cc(N)cc(F)c1C. The molecule has 1 rings (SSSR count). The number of ether oxygens (including phenoxy) is 1. The van der Waals surface area contributed by atoms with Crippen LogP contribution in [0, 0.1) is 12.7 Å². The summed E-state index contributed by atoms with van der Waals surface area (Å²) in [6.07, 6.45) is 0. The number of nitrogen functional groups attached to an aromatic ring is 1. The first-order chi connectivity index (χ1) is 8.27. The standard InChI is InChI=1S/C10H13FN2O4S/c1-6-8(11)3-7(12)4-9(6)18(15,16)13-5-10(14)17-2/h3-4,13H,5,12H2,1-2H3. The second-order valence-corrected chi connectivity index (χ2v) is 5.26. The quantitative estimate of drug-likeness (QED) is 0.603. The van der Waals surface area contributed by atoms with Gasteiger partial charge in [-0.05, 0) is 19.1 Å². The third kappa shape index (κ3) is 3.17. The van der Waals surface area contributed by atoms with Gasteiger partial charge in [0.05, 0.1) is 12.0 Å². The van der Waals surface area contributed by atoms with Crippen molar-refractivity contribution in [2.75, 3.05) is 19.4 Å². The smallest absolute Gasteiger partial charge is 0.320 e. The molecule has 0 amide bonds. The molecule has 0 bridgehead atoms. The maximum Gasteiger partial charge on any atom is 0.320 e. The van der Waals surface area contributed by atoms with Crippen molar-refractivity contribution < 1.29 is 22.3 Å². The fourth-order valence-electron chi connectivity index (χ4n) is 1.26. The molecule has 0 saturated heterocycles. The summed E-state index contributed by atoms with van der Waals surface area (Å²) in [5.74, 6) is -1.48. The predicted octanol–water partition coefficient (Wildman–Crippen LogP) is 0.168. The van der Waals surface area contributed by atoms with Gasteiger partial charge in [0, 0.05) is 11.3 Å². The Morgan fingerprint density at radius 1 is 1.50 bits per heavy atom. The van der Waals surface area contributed by atoms with Crippen LogP contribution in [-0.2, 0) is 19.6 Å². The summed E-state index contributed by atoms with van der Waals surface area (Å²) >= 11 is 0. The molecule has 1 aromatic carbocycles.